The average molecular weight is 445 g/mol. The lowest BCUT2D eigenvalue weighted by molar-refractivity contribution is -0.141. The lowest BCUT2D eigenvalue weighted by Gasteiger charge is -2.19. The maximum absolute atomic E-state index is 11.2. The molecule has 1 aromatic heterocycles. The maximum atomic E-state index is 11.2. The Morgan fingerprint density at radius 2 is 1.97 bits per heavy atom. The van der Waals surface area contributed by atoms with Crippen LogP contribution in [-0.2, 0) is 4.79 Å². The van der Waals surface area contributed by atoms with Gasteiger partial charge in [-0.1, -0.05) is 41.5 Å². The normalized spacial score (nSPS) is 15.6. The summed E-state index contributed by atoms with van der Waals surface area (Å²) in [5.41, 5.74) is 5.38. The zero-order chi connectivity index (χ0) is 23.4. The number of methoxy groups -OCH3 is 1. The molecule has 1 aliphatic carbocycles. The molecule has 0 unspecified atom stereocenters. The molecule has 0 amide bonds. The third-order valence-electron chi connectivity index (χ3n) is 6.02. The fraction of sp³-hybridized carbons (Fsp3) is 0.259. The van der Waals surface area contributed by atoms with Crippen molar-refractivity contribution in [3.05, 3.63) is 71.8 Å². The molecule has 3 N–H and O–H groups in total. The van der Waals surface area contributed by atoms with E-state index in [1.165, 1.54) is 5.57 Å². The smallest absolute Gasteiger partial charge is 0.306 e. The molecule has 0 fully saturated rings. The number of benzene rings is 2. The highest BCUT2D eigenvalue weighted by molar-refractivity contribution is 5.79. The van der Waals surface area contributed by atoms with Gasteiger partial charge in [-0.25, -0.2) is 4.98 Å². The van der Waals surface area contributed by atoms with Crippen LogP contribution in [0.4, 0.5) is 5.82 Å². The molecule has 1 atom stereocenters. The van der Waals surface area contributed by atoms with Crippen molar-refractivity contribution >= 4 is 11.8 Å². The van der Waals surface area contributed by atoms with Crippen LogP contribution < -0.4 is 10.1 Å². The Hall–Kier alpha value is -3.80. The number of carboxylic acids is 1. The summed E-state index contributed by atoms with van der Waals surface area (Å²) in [5, 5.41) is 23.1. The van der Waals surface area contributed by atoms with E-state index in [2.05, 4.69) is 5.32 Å². The second-order valence-corrected chi connectivity index (χ2v) is 8.37. The van der Waals surface area contributed by atoms with E-state index in [-0.39, 0.29) is 11.7 Å². The summed E-state index contributed by atoms with van der Waals surface area (Å²) >= 11 is 0. The Kier molecular flexibility index (Phi) is 6.63. The minimum absolute atomic E-state index is 0.172. The number of ether oxygens (including phenoxy) is 1. The van der Waals surface area contributed by atoms with Crippen LogP contribution in [-0.4, -0.2) is 34.8 Å². The highest BCUT2D eigenvalue weighted by Gasteiger charge is 2.20. The average Bonchev–Trinajstić information content (AvgIpc) is 2.84. The number of aromatic hydroxyl groups is 1. The summed E-state index contributed by atoms with van der Waals surface area (Å²) in [6.07, 6.45) is 3.98. The number of para-hydroxylation sites is 1. The Labute approximate surface area is 193 Å². The molecule has 3 aromatic rings. The van der Waals surface area contributed by atoms with Crippen LogP contribution in [0.5, 0.6) is 11.5 Å². The van der Waals surface area contributed by atoms with Crippen molar-refractivity contribution in [3.8, 4) is 33.9 Å². The molecule has 0 spiro atoms. The van der Waals surface area contributed by atoms with Crippen LogP contribution in [0.25, 0.3) is 22.4 Å². The van der Waals surface area contributed by atoms with Crippen LogP contribution in [0.15, 0.2) is 66.2 Å². The van der Waals surface area contributed by atoms with Crippen molar-refractivity contribution in [2.75, 3.05) is 19.0 Å². The van der Waals surface area contributed by atoms with Crippen molar-refractivity contribution in [1.82, 2.24) is 4.98 Å². The summed E-state index contributed by atoms with van der Waals surface area (Å²) in [6.45, 7) is 2.57. The van der Waals surface area contributed by atoms with E-state index in [1.54, 1.807) is 13.2 Å². The van der Waals surface area contributed by atoms with Crippen LogP contribution in [0.2, 0.25) is 0 Å². The number of pyridine rings is 1. The number of aryl methyl sites for hydroxylation is 1. The molecular formula is C27H28N2O4. The minimum atomic E-state index is -0.730. The topological polar surface area (TPSA) is 91.7 Å². The quantitative estimate of drug-likeness (QED) is 0.407. The van der Waals surface area contributed by atoms with E-state index >= 15 is 0 Å². The van der Waals surface area contributed by atoms with E-state index in [9.17, 15) is 15.0 Å². The van der Waals surface area contributed by atoms with Crippen LogP contribution in [0.1, 0.15) is 24.8 Å². The number of aromatic nitrogens is 1. The number of anilines is 1. The summed E-state index contributed by atoms with van der Waals surface area (Å²) < 4.78 is 5.57. The summed E-state index contributed by atoms with van der Waals surface area (Å²) in [4.78, 5) is 16.0. The van der Waals surface area contributed by atoms with E-state index < -0.39 is 5.97 Å². The van der Waals surface area contributed by atoms with Gasteiger partial charge in [-0.15, -0.1) is 0 Å². The van der Waals surface area contributed by atoms with E-state index in [0.29, 0.717) is 36.5 Å². The van der Waals surface area contributed by atoms with Crippen LogP contribution in [0, 0.1) is 12.8 Å². The van der Waals surface area contributed by atoms with E-state index in [0.717, 1.165) is 28.9 Å². The maximum Gasteiger partial charge on any atom is 0.306 e. The van der Waals surface area contributed by atoms with Crippen LogP contribution >= 0.6 is 0 Å². The van der Waals surface area contributed by atoms with Gasteiger partial charge in [0.05, 0.1) is 18.7 Å². The highest BCUT2D eigenvalue weighted by Crippen LogP contribution is 2.36. The van der Waals surface area contributed by atoms with Gasteiger partial charge in [-0.2, -0.15) is 0 Å². The molecule has 4 rings (SSSR count). The predicted molar refractivity (Wildman–Crippen MR) is 130 cm³/mol. The van der Waals surface area contributed by atoms with Crippen molar-refractivity contribution in [1.29, 1.82) is 0 Å². The standard InChI is InChI=1S/C27H28N2O4/c1-17-7-12-24(30)22(13-17)23-14-20(21-5-3-4-6-25(21)33-2)15-26(29-23)28-16-18-8-10-19(11-9-18)27(31)32/h3-8,12-15,19,30H,9-11,16H2,1-2H3,(H,28,29)(H,31,32)/t19-/m0/s1. The number of hydrogen-bond acceptors (Lipinski definition) is 5. The van der Waals surface area contributed by atoms with E-state index in [1.807, 2.05) is 61.5 Å². The van der Waals surface area contributed by atoms with E-state index in [4.69, 9.17) is 9.72 Å². The number of nitrogens with zero attached hydrogens (tertiary/aromatic N) is 1. The second kappa shape index (κ2) is 9.77. The van der Waals surface area contributed by atoms with Gasteiger partial charge in [0.1, 0.15) is 17.3 Å². The lowest BCUT2D eigenvalue weighted by atomic mass is 9.90. The number of carboxylic acid groups (broad SMARTS) is 1. The van der Waals surface area contributed by atoms with Crippen molar-refractivity contribution in [2.24, 2.45) is 5.92 Å². The van der Waals surface area contributed by atoms with Gasteiger partial charge < -0.3 is 20.3 Å². The third-order valence-corrected chi connectivity index (χ3v) is 6.02. The molecule has 0 bridgehead atoms. The summed E-state index contributed by atoms with van der Waals surface area (Å²) in [6, 6.07) is 17.2. The second-order valence-electron chi connectivity index (χ2n) is 8.37. The first-order valence-corrected chi connectivity index (χ1v) is 11.0. The number of hydrogen-bond donors (Lipinski definition) is 3. The Morgan fingerprint density at radius 1 is 1.15 bits per heavy atom. The van der Waals surface area contributed by atoms with Gasteiger partial charge in [-0.05, 0) is 62.1 Å². The zero-order valence-corrected chi connectivity index (χ0v) is 18.8. The number of rotatable bonds is 7. The largest absolute Gasteiger partial charge is 0.507 e. The molecule has 33 heavy (non-hydrogen) atoms. The number of allylic oxidation sites excluding steroid dienone is 1. The molecule has 2 aromatic carbocycles. The predicted octanol–water partition coefficient (Wildman–Crippen LogP) is 5.66. The van der Waals surface area contributed by atoms with Gasteiger partial charge in [0.25, 0.3) is 0 Å². The molecule has 1 heterocycles. The summed E-state index contributed by atoms with van der Waals surface area (Å²) in [5.74, 6) is 0.578. The lowest BCUT2D eigenvalue weighted by Crippen LogP contribution is -2.18. The van der Waals surface area contributed by atoms with Crippen LogP contribution in [0.3, 0.4) is 0 Å². The number of carbonyl (C=O) groups is 1. The first-order valence-electron chi connectivity index (χ1n) is 11.0. The van der Waals surface area contributed by atoms with Gasteiger partial charge in [0, 0.05) is 17.7 Å². The first kappa shape index (κ1) is 22.4. The van der Waals surface area contributed by atoms with Gasteiger partial charge in [0.2, 0.25) is 0 Å². The molecule has 6 nitrogen and oxygen atoms in total. The SMILES string of the molecule is COc1ccccc1-c1cc(NCC2=CC[C@H](C(=O)O)CC2)nc(-c2cc(C)ccc2O)c1. The Balaban J connectivity index is 1.69. The molecule has 1 aliphatic rings. The minimum Gasteiger partial charge on any atom is -0.507 e. The Morgan fingerprint density at radius 3 is 2.70 bits per heavy atom. The molecular weight excluding hydrogens is 416 g/mol. The fourth-order valence-electron chi connectivity index (χ4n) is 4.13. The third kappa shape index (κ3) is 5.17. The van der Waals surface area contributed by atoms with Crippen molar-refractivity contribution < 1.29 is 19.7 Å². The molecule has 0 saturated carbocycles. The molecule has 0 radical (unpaired) electrons. The van der Waals surface area contributed by atoms with Crippen molar-refractivity contribution in [3.63, 3.8) is 0 Å². The van der Waals surface area contributed by atoms with Gasteiger partial charge >= 0.3 is 5.97 Å². The number of nitrogens with one attached hydrogen (secondary N) is 1. The number of phenolic OH excluding ortho intramolecular Hbond substituents is 1. The first-order chi connectivity index (χ1) is 15.9. The van der Waals surface area contributed by atoms with Crippen molar-refractivity contribution in [2.45, 2.75) is 26.2 Å². The molecule has 170 valence electrons. The molecule has 0 saturated heterocycles. The fourth-order valence-corrected chi connectivity index (χ4v) is 4.13. The Bertz CT molecular complexity index is 1200. The molecule has 0 aliphatic heterocycles. The number of phenols is 1. The van der Waals surface area contributed by atoms with Gasteiger partial charge in [0.15, 0.2) is 0 Å². The molecule has 6 heteroatoms. The zero-order valence-electron chi connectivity index (χ0n) is 18.8. The summed E-state index contributed by atoms with van der Waals surface area (Å²) in [7, 11) is 1.65. The highest BCUT2D eigenvalue weighted by atomic mass is 16.5. The number of aliphatic carboxylic acids is 1. The monoisotopic (exact) mass is 444 g/mol. The van der Waals surface area contributed by atoms with Gasteiger partial charge in [-0.3, -0.25) is 4.79 Å².